The van der Waals surface area contributed by atoms with Gasteiger partial charge in [0.1, 0.15) is 5.82 Å². The van der Waals surface area contributed by atoms with Crippen molar-refractivity contribution in [3.8, 4) is 0 Å². The fraction of sp³-hybridized carbons (Fsp3) is 0.333. The second-order valence-corrected chi connectivity index (χ2v) is 3.14. The Balaban J connectivity index is 2.48. The monoisotopic (exact) mass is 167 g/mol. The molecule has 3 N–H and O–H groups in total. The maximum absolute atomic E-state index is 12.7. The van der Waals surface area contributed by atoms with Gasteiger partial charge in [0.2, 0.25) is 0 Å². The maximum atomic E-state index is 12.7. The molecule has 2 rings (SSSR count). The third-order valence-electron chi connectivity index (χ3n) is 2.31. The van der Waals surface area contributed by atoms with Crippen LogP contribution in [-0.4, -0.2) is 11.2 Å². The highest BCUT2D eigenvalue weighted by molar-refractivity contribution is 5.36. The van der Waals surface area contributed by atoms with Crippen LogP contribution in [0.3, 0.4) is 0 Å². The van der Waals surface area contributed by atoms with Crippen LogP contribution in [0.2, 0.25) is 0 Å². The van der Waals surface area contributed by atoms with Crippen molar-refractivity contribution in [2.75, 3.05) is 0 Å². The normalized spacial score (nSPS) is 27.2. The summed E-state index contributed by atoms with van der Waals surface area (Å²) in [5, 5.41) is 9.36. The number of nitrogens with two attached hydrogens (primary N) is 1. The van der Waals surface area contributed by atoms with Gasteiger partial charge in [-0.05, 0) is 23.3 Å². The van der Waals surface area contributed by atoms with E-state index in [1.54, 1.807) is 6.07 Å². The van der Waals surface area contributed by atoms with Crippen LogP contribution in [0.25, 0.3) is 0 Å². The van der Waals surface area contributed by atoms with Crippen LogP contribution in [0.15, 0.2) is 18.2 Å². The third kappa shape index (κ3) is 1.02. The van der Waals surface area contributed by atoms with Gasteiger partial charge >= 0.3 is 0 Å². The Morgan fingerprint density at radius 1 is 1.50 bits per heavy atom. The predicted molar refractivity (Wildman–Crippen MR) is 43.0 cm³/mol. The van der Waals surface area contributed by atoms with Crippen LogP contribution in [0.4, 0.5) is 4.39 Å². The van der Waals surface area contributed by atoms with E-state index in [0.29, 0.717) is 6.42 Å². The molecular weight excluding hydrogens is 157 g/mol. The summed E-state index contributed by atoms with van der Waals surface area (Å²) >= 11 is 0. The lowest BCUT2D eigenvalue weighted by Crippen LogP contribution is -2.21. The second kappa shape index (κ2) is 2.54. The van der Waals surface area contributed by atoms with Gasteiger partial charge in [-0.15, -0.1) is 0 Å². The Morgan fingerprint density at radius 2 is 2.25 bits per heavy atom. The van der Waals surface area contributed by atoms with Crippen LogP contribution in [0.1, 0.15) is 17.2 Å². The zero-order valence-corrected chi connectivity index (χ0v) is 6.50. The zero-order valence-electron chi connectivity index (χ0n) is 6.50. The van der Waals surface area contributed by atoms with Gasteiger partial charge < -0.3 is 10.8 Å². The van der Waals surface area contributed by atoms with Crippen molar-refractivity contribution in [2.45, 2.75) is 18.6 Å². The predicted octanol–water partition coefficient (Wildman–Crippen LogP) is 0.743. The lowest BCUT2D eigenvalue weighted by molar-refractivity contribution is 0.158. The highest BCUT2D eigenvalue weighted by Gasteiger charge is 2.27. The van der Waals surface area contributed by atoms with Crippen molar-refractivity contribution in [3.05, 3.63) is 35.1 Å². The lowest BCUT2D eigenvalue weighted by atomic mass is 10.1. The number of aliphatic hydroxyl groups excluding tert-OH is 1. The van der Waals surface area contributed by atoms with Gasteiger partial charge in [0.05, 0.1) is 12.1 Å². The van der Waals surface area contributed by atoms with Crippen molar-refractivity contribution in [3.63, 3.8) is 0 Å². The van der Waals surface area contributed by atoms with Gasteiger partial charge in [-0.25, -0.2) is 4.39 Å². The fourth-order valence-electron chi connectivity index (χ4n) is 1.62. The molecule has 0 aliphatic heterocycles. The molecule has 1 aromatic rings. The number of hydrogen-bond acceptors (Lipinski definition) is 2. The molecule has 2 atom stereocenters. The molecule has 0 amide bonds. The summed E-state index contributed by atoms with van der Waals surface area (Å²) in [6, 6.07) is 4.05. The molecule has 0 fully saturated rings. The molecule has 0 bridgehead atoms. The van der Waals surface area contributed by atoms with Crippen LogP contribution in [-0.2, 0) is 6.42 Å². The van der Waals surface area contributed by atoms with Crippen molar-refractivity contribution in [2.24, 2.45) is 5.73 Å². The molecule has 0 aromatic heterocycles. The van der Waals surface area contributed by atoms with E-state index < -0.39 is 12.1 Å². The van der Waals surface area contributed by atoms with Gasteiger partial charge in [-0.1, -0.05) is 6.07 Å². The SMILES string of the molecule is N[C@@H]1c2cc(F)ccc2C[C@H]1O. The average Bonchev–Trinajstić information content (AvgIpc) is 2.31. The molecule has 2 nitrogen and oxygen atoms in total. The van der Waals surface area contributed by atoms with Gasteiger partial charge in [0.15, 0.2) is 0 Å². The quantitative estimate of drug-likeness (QED) is 0.598. The Kier molecular flexibility index (Phi) is 1.63. The van der Waals surface area contributed by atoms with Crippen molar-refractivity contribution >= 4 is 0 Å². The molecule has 1 aliphatic rings. The fourth-order valence-corrected chi connectivity index (χ4v) is 1.62. The second-order valence-electron chi connectivity index (χ2n) is 3.14. The molecule has 12 heavy (non-hydrogen) atoms. The van der Waals surface area contributed by atoms with E-state index in [9.17, 15) is 9.50 Å². The Morgan fingerprint density at radius 3 is 3.00 bits per heavy atom. The number of rotatable bonds is 0. The largest absolute Gasteiger partial charge is 0.391 e. The number of benzene rings is 1. The topological polar surface area (TPSA) is 46.2 Å². The van der Waals surface area contributed by atoms with E-state index in [2.05, 4.69) is 0 Å². The molecule has 1 aliphatic carbocycles. The zero-order chi connectivity index (χ0) is 8.72. The molecule has 3 heteroatoms. The molecule has 0 saturated carbocycles. The highest BCUT2D eigenvalue weighted by Crippen LogP contribution is 2.29. The minimum atomic E-state index is -0.554. The van der Waals surface area contributed by atoms with E-state index in [-0.39, 0.29) is 5.82 Å². The summed E-state index contributed by atoms with van der Waals surface area (Å²) in [6.07, 6.45) is -0.0154. The first-order valence-corrected chi connectivity index (χ1v) is 3.90. The van der Waals surface area contributed by atoms with Crippen LogP contribution in [0, 0.1) is 5.82 Å². The van der Waals surface area contributed by atoms with E-state index >= 15 is 0 Å². The minimum absolute atomic E-state index is 0.293. The summed E-state index contributed by atoms with van der Waals surface area (Å²) in [4.78, 5) is 0. The smallest absolute Gasteiger partial charge is 0.123 e. The molecular formula is C9H10FNO. The molecule has 0 saturated heterocycles. The lowest BCUT2D eigenvalue weighted by Gasteiger charge is -2.08. The first-order chi connectivity index (χ1) is 5.68. The van der Waals surface area contributed by atoms with Crippen LogP contribution in [0.5, 0.6) is 0 Å². The molecule has 0 unspecified atom stereocenters. The number of halogens is 1. The van der Waals surface area contributed by atoms with Gasteiger partial charge in [-0.2, -0.15) is 0 Å². The summed E-state index contributed by atoms with van der Waals surface area (Å²) in [5.74, 6) is -0.293. The van der Waals surface area contributed by atoms with Gasteiger partial charge in [0.25, 0.3) is 0 Å². The number of fused-ring (bicyclic) bond motifs is 1. The van der Waals surface area contributed by atoms with Crippen LogP contribution < -0.4 is 5.73 Å². The molecule has 0 heterocycles. The average molecular weight is 167 g/mol. The summed E-state index contributed by atoms with van der Waals surface area (Å²) in [7, 11) is 0. The van der Waals surface area contributed by atoms with Gasteiger partial charge in [0, 0.05) is 6.42 Å². The molecule has 1 aromatic carbocycles. The Hall–Kier alpha value is -0.930. The molecule has 0 spiro atoms. The van der Waals surface area contributed by atoms with E-state index in [1.165, 1.54) is 12.1 Å². The van der Waals surface area contributed by atoms with E-state index in [0.717, 1.165) is 11.1 Å². The van der Waals surface area contributed by atoms with Gasteiger partial charge in [-0.3, -0.25) is 0 Å². The van der Waals surface area contributed by atoms with Crippen LogP contribution >= 0.6 is 0 Å². The van der Waals surface area contributed by atoms with Crippen molar-refractivity contribution in [1.82, 2.24) is 0 Å². The van der Waals surface area contributed by atoms with E-state index in [4.69, 9.17) is 5.73 Å². The number of aliphatic hydroxyl groups is 1. The standard InChI is InChI=1S/C9H10FNO/c10-6-2-1-5-3-8(12)9(11)7(5)4-6/h1-2,4,8-9,12H,3,11H2/t8-,9-/m1/s1. The van der Waals surface area contributed by atoms with Crippen molar-refractivity contribution < 1.29 is 9.50 Å². The first kappa shape index (κ1) is 7.71. The Labute approximate surface area is 69.8 Å². The summed E-state index contributed by atoms with van der Waals surface area (Å²) < 4.78 is 12.7. The third-order valence-corrected chi connectivity index (χ3v) is 2.31. The summed E-state index contributed by atoms with van der Waals surface area (Å²) in [6.45, 7) is 0. The first-order valence-electron chi connectivity index (χ1n) is 3.90. The molecule has 64 valence electrons. The van der Waals surface area contributed by atoms with Crippen molar-refractivity contribution in [1.29, 1.82) is 0 Å². The maximum Gasteiger partial charge on any atom is 0.123 e. The summed E-state index contributed by atoms with van der Waals surface area (Å²) in [5.41, 5.74) is 7.34. The Bertz CT molecular complexity index is 313. The minimum Gasteiger partial charge on any atom is -0.391 e. The highest BCUT2D eigenvalue weighted by atomic mass is 19.1. The molecule has 0 radical (unpaired) electrons. The number of hydrogen-bond donors (Lipinski definition) is 2. The van der Waals surface area contributed by atoms with E-state index in [1.807, 2.05) is 0 Å².